The third kappa shape index (κ3) is 1.29. The smallest absolute Gasteiger partial charge is 0.137 e. The van der Waals surface area contributed by atoms with Crippen molar-refractivity contribution in [2.75, 3.05) is 7.11 Å². The second-order valence-corrected chi connectivity index (χ2v) is 3.40. The summed E-state index contributed by atoms with van der Waals surface area (Å²) in [5.41, 5.74) is 1.65. The average Bonchev–Trinajstić information content (AvgIpc) is 2.54. The van der Waals surface area contributed by atoms with Crippen LogP contribution in [0.25, 0.3) is 0 Å². The molecule has 2 rings (SSSR count). The molecule has 0 amide bonds. The molecular formula is C11H11NO2. The fourth-order valence-electron chi connectivity index (χ4n) is 1.70. The first-order chi connectivity index (χ1) is 6.74. The third-order valence-corrected chi connectivity index (χ3v) is 2.34. The predicted molar refractivity (Wildman–Crippen MR) is 51.5 cm³/mol. The highest BCUT2D eigenvalue weighted by Gasteiger charge is 2.21. The van der Waals surface area contributed by atoms with E-state index in [1.165, 1.54) is 0 Å². The third-order valence-electron chi connectivity index (χ3n) is 2.34. The Bertz CT molecular complexity index is 406. The molecular weight excluding hydrogens is 178 g/mol. The number of benzene rings is 1. The summed E-state index contributed by atoms with van der Waals surface area (Å²) in [6.45, 7) is 2.01. The molecule has 3 nitrogen and oxygen atoms in total. The predicted octanol–water partition coefficient (Wildman–Crippen LogP) is 1.89. The van der Waals surface area contributed by atoms with Crippen LogP contribution in [0.4, 0.5) is 0 Å². The molecule has 1 atom stereocenters. The Kier molecular flexibility index (Phi) is 2.05. The lowest BCUT2D eigenvalue weighted by Gasteiger charge is -2.05. The minimum absolute atomic E-state index is 0.198. The van der Waals surface area contributed by atoms with Gasteiger partial charge < -0.3 is 9.47 Å². The largest absolute Gasteiger partial charge is 0.495 e. The maximum Gasteiger partial charge on any atom is 0.137 e. The SMILES string of the molecule is COc1cc2c(cc1C#N)OC(C)C2. The van der Waals surface area contributed by atoms with Gasteiger partial charge in [-0.05, 0) is 13.0 Å². The maximum atomic E-state index is 8.86. The fraction of sp³-hybridized carbons (Fsp3) is 0.364. The quantitative estimate of drug-likeness (QED) is 0.677. The number of methoxy groups -OCH3 is 1. The van der Waals surface area contributed by atoms with Crippen LogP contribution in [0.5, 0.6) is 11.5 Å². The minimum Gasteiger partial charge on any atom is -0.495 e. The first-order valence-corrected chi connectivity index (χ1v) is 4.52. The highest BCUT2D eigenvalue weighted by molar-refractivity contribution is 5.53. The van der Waals surface area contributed by atoms with Crippen molar-refractivity contribution in [3.05, 3.63) is 23.3 Å². The molecule has 1 aromatic rings. The summed E-state index contributed by atoms with van der Waals surface area (Å²) in [6.07, 6.45) is 1.08. The summed E-state index contributed by atoms with van der Waals surface area (Å²) in [7, 11) is 1.57. The highest BCUT2D eigenvalue weighted by Crippen LogP contribution is 2.34. The van der Waals surface area contributed by atoms with Gasteiger partial charge in [0.05, 0.1) is 12.7 Å². The lowest BCUT2D eigenvalue weighted by atomic mass is 10.1. The topological polar surface area (TPSA) is 42.2 Å². The van der Waals surface area contributed by atoms with Crippen LogP contribution in [-0.4, -0.2) is 13.2 Å². The van der Waals surface area contributed by atoms with Crippen molar-refractivity contribution in [2.45, 2.75) is 19.4 Å². The molecule has 0 spiro atoms. The van der Waals surface area contributed by atoms with Crippen LogP contribution >= 0.6 is 0 Å². The highest BCUT2D eigenvalue weighted by atomic mass is 16.5. The van der Waals surface area contributed by atoms with E-state index in [-0.39, 0.29) is 6.10 Å². The van der Waals surface area contributed by atoms with E-state index in [0.717, 1.165) is 17.7 Å². The molecule has 72 valence electrons. The summed E-state index contributed by atoms with van der Waals surface area (Å²) in [6, 6.07) is 5.72. The second-order valence-electron chi connectivity index (χ2n) is 3.40. The molecule has 0 bridgehead atoms. The first kappa shape index (κ1) is 8.89. The van der Waals surface area contributed by atoms with Crippen LogP contribution in [0.1, 0.15) is 18.1 Å². The van der Waals surface area contributed by atoms with Gasteiger partial charge in [-0.3, -0.25) is 0 Å². The van der Waals surface area contributed by atoms with Gasteiger partial charge in [-0.2, -0.15) is 5.26 Å². The van der Waals surface area contributed by atoms with Gasteiger partial charge >= 0.3 is 0 Å². The Balaban J connectivity index is 2.50. The Labute approximate surface area is 82.9 Å². The first-order valence-electron chi connectivity index (χ1n) is 4.52. The zero-order valence-electron chi connectivity index (χ0n) is 8.20. The average molecular weight is 189 g/mol. The molecule has 0 radical (unpaired) electrons. The van der Waals surface area contributed by atoms with Gasteiger partial charge in [-0.25, -0.2) is 0 Å². The summed E-state index contributed by atoms with van der Waals surface area (Å²) in [5.74, 6) is 1.44. The van der Waals surface area contributed by atoms with E-state index in [1.807, 2.05) is 13.0 Å². The maximum absolute atomic E-state index is 8.86. The Hall–Kier alpha value is -1.69. The minimum atomic E-state index is 0.198. The lowest BCUT2D eigenvalue weighted by Crippen LogP contribution is -2.05. The summed E-state index contributed by atoms with van der Waals surface area (Å²) >= 11 is 0. The Morgan fingerprint density at radius 3 is 3.00 bits per heavy atom. The monoisotopic (exact) mass is 189 g/mol. The zero-order chi connectivity index (χ0) is 10.1. The van der Waals surface area contributed by atoms with Gasteiger partial charge in [-0.1, -0.05) is 0 Å². The van der Waals surface area contributed by atoms with Crippen LogP contribution in [0, 0.1) is 11.3 Å². The van der Waals surface area contributed by atoms with Crippen molar-refractivity contribution < 1.29 is 9.47 Å². The van der Waals surface area contributed by atoms with Crippen LogP contribution in [0.3, 0.4) is 0 Å². The van der Waals surface area contributed by atoms with E-state index in [1.54, 1.807) is 13.2 Å². The van der Waals surface area contributed by atoms with Gasteiger partial charge in [0.2, 0.25) is 0 Å². The number of fused-ring (bicyclic) bond motifs is 1. The molecule has 1 aromatic carbocycles. The molecule has 0 N–H and O–H groups in total. The van der Waals surface area contributed by atoms with E-state index in [9.17, 15) is 0 Å². The molecule has 0 saturated carbocycles. The van der Waals surface area contributed by atoms with E-state index < -0.39 is 0 Å². The molecule has 1 aliphatic heterocycles. The van der Waals surface area contributed by atoms with E-state index in [2.05, 4.69) is 6.07 Å². The summed E-state index contributed by atoms with van der Waals surface area (Å²) in [4.78, 5) is 0. The molecule has 14 heavy (non-hydrogen) atoms. The number of hydrogen-bond acceptors (Lipinski definition) is 3. The normalized spacial score (nSPS) is 18.2. The summed E-state index contributed by atoms with van der Waals surface area (Å²) < 4.78 is 10.7. The van der Waals surface area contributed by atoms with Crippen LogP contribution < -0.4 is 9.47 Å². The molecule has 1 heterocycles. The van der Waals surface area contributed by atoms with Crippen molar-refractivity contribution in [1.82, 2.24) is 0 Å². The second kappa shape index (κ2) is 3.22. The Morgan fingerprint density at radius 2 is 2.36 bits per heavy atom. The molecule has 0 saturated heterocycles. The van der Waals surface area contributed by atoms with E-state index in [4.69, 9.17) is 14.7 Å². The number of nitriles is 1. The van der Waals surface area contributed by atoms with Gasteiger partial charge in [0.15, 0.2) is 0 Å². The Morgan fingerprint density at radius 1 is 1.57 bits per heavy atom. The van der Waals surface area contributed by atoms with Crippen molar-refractivity contribution in [3.8, 4) is 17.6 Å². The summed E-state index contributed by atoms with van der Waals surface area (Å²) in [5, 5.41) is 8.86. The van der Waals surface area contributed by atoms with Crippen LogP contribution in [0.2, 0.25) is 0 Å². The van der Waals surface area contributed by atoms with Gasteiger partial charge in [0.1, 0.15) is 23.7 Å². The standard InChI is InChI=1S/C11H11NO2/c1-7-3-8-4-10(13-2)9(6-12)5-11(8)14-7/h4-5,7H,3H2,1-2H3. The lowest BCUT2D eigenvalue weighted by molar-refractivity contribution is 0.254. The van der Waals surface area contributed by atoms with Crippen molar-refractivity contribution >= 4 is 0 Å². The number of hydrogen-bond donors (Lipinski definition) is 0. The molecule has 0 fully saturated rings. The molecule has 0 aliphatic carbocycles. The number of rotatable bonds is 1. The van der Waals surface area contributed by atoms with Crippen molar-refractivity contribution in [3.63, 3.8) is 0 Å². The number of nitrogens with zero attached hydrogens (tertiary/aromatic N) is 1. The van der Waals surface area contributed by atoms with Gasteiger partial charge in [0.25, 0.3) is 0 Å². The number of ether oxygens (including phenoxy) is 2. The van der Waals surface area contributed by atoms with Gasteiger partial charge in [0, 0.05) is 18.1 Å². The van der Waals surface area contributed by atoms with Gasteiger partial charge in [-0.15, -0.1) is 0 Å². The van der Waals surface area contributed by atoms with Crippen molar-refractivity contribution in [2.24, 2.45) is 0 Å². The zero-order valence-corrected chi connectivity index (χ0v) is 8.20. The molecule has 1 unspecified atom stereocenters. The van der Waals surface area contributed by atoms with Crippen LogP contribution in [-0.2, 0) is 6.42 Å². The fourth-order valence-corrected chi connectivity index (χ4v) is 1.70. The molecule has 3 heteroatoms. The molecule has 1 aliphatic rings. The van der Waals surface area contributed by atoms with Crippen molar-refractivity contribution in [1.29, 1.82) is 5.26 Å². The van der Waals surface area contributed by atoms with Crippen LogP contribution in [0.15, 0.2) is 12.1 Å². The van der Waals surface area contributed by atoms with E-state index >= 15 is 0 Å². The van der Waals surface area contributed by atoms with E-state index in [0.29, 0.717) is 11.3 Å². The molecule has 0 aromatic heterocycles.